The average Bonchev–Trinajstić information content (AvgIpc) is 3.18. The second kappa shape index (κ2) is 9.94. The Kier molecular flexibility index (Phi) is 7.01. The fraction of sp³-hybridized carbons (Fsp3) is 0.231. The van der Waals surface area contributed by atoms with E-state index in [0.29, 0.717) is 23.1 Å². The molecule has 0 spiro atoms. The number of rotatable bonds is 7. The van der Waals surface area contributed by atoms with Gasteiger partial charge in [0.25, 0.3) is 0 Å². The van der Waals surface area contributed by atoms with Gasteiger partial charge in [-0.2, -0.15) is 0 Å². The number of hydrogen-bond donors (Lipinski definition) is 0. The normalized spacial score (nSPS) is 15.8. The molecule has 0 aliphatic heterocycles. The van der Waals surface area contributed by atoms with E-state index in [1.54, 1.807) is 59.3 Å². The number of ether oxygens (including phenoxy) is 1. The standard InChI is InChI=1S/C26H22Cl2FNO3/c1-2-3-13-33-26(32)16-11-12-23(21(29)14-16)30-15-18(17-7-4-5-10-22(17)30)25(31)24-19(27)8-6-9-20(24)28/h4-12,15-16H,2-3,13-14H2,1H3. The van der Waals surface area contributed by atoms with E-state index in [4.69, 9.17) is 27.9 Å². The van der Waals surface area contributed by atoms with Gasteiger partial charge in [-0.25, -0.2) is 4.39 Å². The van der Waals surface area contributed by atoms with Crippen molar-refractivity contribution >= 4 is 51.6 Å². The summed E-state index contributed by atoms with van der Waals surface area (Å²) in [5, 5.41) is 1.14. The minimum atomic E-state index is -0.671. The van der Waals surface area contributed by atoms with Gasteiger partial charge in [0.1, 0.15) is 5.83 Å². The molecule has 0 N–H and O–H groups in total. The minimum Gasteiger partial charge on any atom is -0.465 e. The van der Waals surface area contributed by atoms with Crippen molar-refractivity contribution in [3.05, 3.63) is 87.8 Å². The van der Waals surface area contributed by atoms with E-state index in [1.807, 2.05) is 13.0 Å². The van der Waals surface area contributed by atoms with Crippen LogP contribution in [0.3, 0.4) is 0 Å². The van der Waals surface area contributed by atoms with E-state index in [1.165, 1.54) is 0 Å². The SMILES string of the molecule is CCCCOC(=O)C1C=CC(n2cc(C(=O)c3c(Cl)cccc3Cl)c3ccccc32)=C(F)C1. The maximum absolute atomic E-state index is 15.2. The lowest BCUT2D eigenvalue weighted by molar-refractivity contribution is -0.147. The molecule has 1 aliphatic carbocycles. The molecule has 1 heterocycles. The number of benzene rings is 2. The van der Waals surface area contributed by atoms with Crippen LogP contribution in [0.25, 0.3) is 16.6 Å². The van der Waals surface area contributed by atoms with Crippen molar-refractivity contribution in [2.75, 3.05) is 6.61 Å². The average molecular weight is 486 g/mol. The van der Waals surface area contributed by atoms with Gasteiger partial charge in [-0.15, -0.1) is 0 Å². The van der Waals surface area contributed by atoms with Gasteiger partial charge in [-0.05, 0) is 30.7 Å². The summed E-state index contributed by atoms with van der Waals surface area (Å²) in [4.78, 5) is 25.6. The number of para-hydroxylation sites is 1. The largest absolute Gasteiger partial charge is 0.465 e. The Labute approximate surface area is 201 Å². The van der Waals surface area contributed by atoms with E-state index < -0.39 is 17.7 Å². The summed E-state index contributed by atoms with van der Waals surface area (Å²) in [5.74, 6) is -1.91. The smallest absolute Gasteiger partial charge is 0.313 e. The maximum Gasteiger partial charge on any atom is 0.313 e. The van der Waals surface area contributed by atoms with Crippen molar-refractivity contribution < 1.29 is 18.7 Å². The summed E-state index contributed by atoms with van der Waals surface area (Å²) < 4.78 is 22.0. The highest BCUT2D eigenvalue weighted by Crippen LogP contribution is 2.35. The van der Waals surface area contributed by atoms with E-state index in [-0.39, 0.29) is 33.5 Å². The first-order valence-electron chi connectivity index (χ1n) is 10.7. The summed E-state index contributed by atoms with van der Waals surface area (Å²) >= 11 is 12.5. The quantitative estimate of drug-likeness (QED) is 0.201. The molecule has 170 valence electrons. The molecule has 0 bridgehead atoms. The van der Waals surface area contributed by atoms with Gasteiger partial charge in [0, 0.05) is 23.6 Å². The van der Waals surface area contributed by atoms with Gasteiger partial charge in [0.15, 0.2) is 5.78 Å². The molecule has 1 unspecified atom stereocenters. The van der Waals surface area contributed by atoms with Crippen LogP contribution in [0, 0.1) is 5.92 Å². The van der Waals surface area contributed by atoms with Crippen LogP contribution in [0.2, 0.25) is 10.0 Å². The molecule has 2 aromatic carbocycles. The van der Waals surface area contributed by atoms with Crippen molar-refractivity contribution in [1.82, 2.24) is 4.57 Å². The van der Waals surface area contributed by atoms with E-state index in [0.717, 1.165) is 12.8 Å². The zero-order valence-electron chi connectivity index (χ0n) is 18.0. The monoisotopic (exact) mass is 485 g/mol. The number of fused-ring (bicyclic) bond motifs is 1. The second-order valence-corrected chi connectivity index (χ2v) is 8.65. The molecule has 7 heteroatoms. The molecule has 0 radical (unpaired) electrons. The number of carbonyl (C=O) groups excluding carboxylic acids is 2. The Morgan fingerprint density at radius 2 is 1.85 bits per heavy atom. The topological polar surface area (TPSA) is 48.3 Å². The first-order valence-corrected chi connectivity index (χ1v) is 11.5. The van der Waals surface area contributed by atoms with Crippen LogP contribution < -0.4 is 0 Å². The molecule has 3 aromatic rings. The third-order valence-electron chi connectivity index (χ3n) is 5.61. The fourth-order valence-electron chi connectivity index (χ4n) is 3.87. The number of carbonyl (C=O) groups is 2. The van der Waals surface area contributed by atoms with Crippen LogP contribution in [0.5, 0.6) is 0 Å². The van der Waals surface area contributed by atoms with Crippen LogP contribution in [-0.4, -0.2) is 22.9 Å². The lowest BCUT2D eigenvalue weighted by Crippen LogP contribution is -2.19. The Morgan fingerprint density at radius 1 is 1.12 bits per heavy atom. The number of unbranched alkanes of at least 4 members (excludes halogenated alkanes) is 1. The Morgan fingerprint density at radius 3 is 2.55 bits per heavy atom. The minimum absolute atomic E-state index is 0.0943. The van der Waals surface area contributed by atoms with E-state index in [9.17, 15) is 9.59 Å². The molecule has 4 rings (SSSR count). The fourth-order valence-corrected chi connectivity index (χ4v) is 4.44. The third-order valence-corrected chi connectivity index (χ3v) is 6.24. The number of hydrogen-bond acceptors (Lipinski definition) is 3. The van der Waals surface area contributed by atoms with E-state index in [2.05, 4.69) is 0 Å². The molecule has 1 atom stereocenters. The first kappa shape index (κ1) is 23.3. The Balaban J connectivity index is 1.71. The number of nitrogens with zero attached hydrogens (tertiary/aromatic N) is 1. The zero-order valence-corrected chi connectivity index (χ0v) is 19.5. The summed E-state index contributed by atoms with van der Waals surface area (Å²) in [6.45, 7) is 2.33. The number of allylic oxidation sites excluding steroid dienone is 3. The summed E-state index contributed by atoms with van der Waals surface area (Å²) in [6.07, 6.45) is 6.39. The molecule has 0 saturated carbocycles. The number of aromatic nitrogens is 1. The molecular formula is C26H22Cl2FNO3. The van der Waals surface area contributed by atoms with Crippen LogP contribution in [0.4, 0.5) is 4.39 Å². The van der Waals surface area contributed by atoms with Crippen LogP contribution in [0.15, 0.2) is 66.6 Å². The molecule has 33 heavy (non-hydrogen) atoms. The van der Waals surface area contributed by atoms with Crippen molar-refractivity contribution in [1.29, 1.82) is 0 Å². The lowest BCUT2D eigenvalue weighted by Gasteiger charge is -2.18. The number of ketones is 1. The zero-order chi connectivity index (χ0) is 23.5. The van der Waals surface area contributed by atoms with Gasteiger partial charge >= 0.3 is 5.97 Å². The van der Waals surface area contributed by atoms with Gasteiger partial charge in [0.05, 0.1) is 39.3 Å². The molecule has 0 amide bonds. The molecule has 1 aliphatic rings. The molecule has 0 saturated heterocycles. The van der Waals surface area contributed by atoms with Crippen molar-refractivity contribution in [2.45, 2.75) is 26.2 Å². The Hall–Kier alpha value is -2.89. The molecule has 0 fully saturated rings. The number of halogens is 3. The highest BCUT2D eigenvalue weighted by atomic mass is 35.5. The molecule has 1 aromatic heterocycles. The van der Waals surface area contributed by atoms with Crippen molar-refractivity contribution in [3.63, 3.8) is 0 Å². The number of esters is 1. The Bertz CT molecular complexity index is 1270. The summed E-state index contributed by atoms with van der Waals surface area (Å²) in [7, 11) is 0. The maximum atomic E-state index is 15.2. The molecule has 4 nitrogen and oxygen atoms in total. The highest BCUT2D eigenvalue weighted by molar-refractivity contribution is 6.41. The van der Waals surface area contributed by atoms with E-state index >= 15 is 4.39 Å². The van der Waals surface area contributed by atoms with Crippen LogP contribution in [0.1, 0.15) is 42.1 Å². The van der Waals surface area contributed by atoms with Crippen LogP contribution in [-0.2, 0) is 9.53 Å². The third kappa shape index (κ3) is 4.61. The first-order chi connectivity index (χ1) is 15.9. The van der Waals surface area contributed by atoms with Gasteiger partial charge in [0.2, 0.25) is 0 Å². The van der Waals surface area contributed by atoms with Gasteiger partial charge in [-0.1, -0.05) is 66.9 Å². The predicted octanol–water partition coefficient (Wildman–Crippen LogP) is 7.24. The highest BCUT2D eigenvalue weighted by Gasteiger charge is 2.27. The second-order valence-electron chi connectivity index (χ2n) is 7.84. The molecular weight excluding hydrogens is 464 g/mol. The lowest BCUT2D eigenvalue weighted by atomic mass is 9.98. The van der Waals surface area contributed by atoms with Gasteiger partial charge in [-0.3, -0.25) is 9.59 Å². The van der Waals surface area contributed by atoms with Gasteiger partial charge < -0.3 is 9.30 Å². The predicted molar refractivity (Wildman–Crippen MR) is 129 cm³/mol. The summed E-state index contributed by atoms with van der Waals surface area (Å²) in [5.41, 5.74) is 1.48. The van der Waals surface area contributed by atoms with Crippen molar-refractivity contribution in [2.24, 2.45) is 5.92 Å². The summed E-state index contributed by atoms with van der Waals surface area (Å²) in [6, 6.07) is 12.1. The van der Waals surface area contributed by atoms with Crippen molar-refractivity contribution in [3.8, 4) is 0 Å². The van der Waals surface area contributed by atoms with Crippen LogP contribution >= 0.6 is 23.2 Å².